The van der Waals surface area contributed by atoms with E-state index in [1.54, 1.807) is 0 Å². The predicted octanol–water partition coefficient (Wildman–Crippen LogP) is 2.65. The van der Waals surface area contributed by atoms with E-state index in [0.717, 1.165) is 18.9 Å². The average Bonchev–Trinajstić information content (AvgIpc) is 2.37. The molecule has 0 aliphatic heterocycles. The SMILES string of the molecule is [c]1ccc(NCNCc2ccccc2)cc1. The Balaban J connectivity index is 1.70. The zero-order valence-corrected chi connectivity index (χ0v) is 9.11. The van der Waals surface area contributed by atoms with E-state index in [1.165, 1.54) is 5.56 Å². The highest BCUT2D eigenvalue weighted by molar-refractivity contribution is 5.41. The van der Waals surface area contributed by atoms with Crippen molar-refractivity contribution in [1.29, 1.82) is 0 Å². The minimum absolute atomic E-state index is 0.763. The van der Waals surface area contributed by atoms with Crippen LogP contribution < -0.4 is 10.6 Å². The number of nitrogens with one attached hydrogen (secondary N) is 2. The molecule has 0 atom stereocenters. The molecule has 1 radical (unpaired) electrons. The Hall–Kier alpha value is -1.80. The van der Waals surface area contributed by atoms with Gasteiger partial charge in [-0.15, -0.1) is 0 Å². The van der Waals surface area contributed by atoms with Crippen LogP contribution in [0.1, 0.15) is 5.56 Å². The molecule has 81 valence electrons. The lowest BCUT2D eigenvalue weighted by Gasteiger charge is -2.07. The molecule has 2 aromatic carbocycles. The number of anilines is 1. The Bertz CT molecular complexity index is 356. The highest BCUT2D eigenvalue weighted by atomic mass is 15.1. The van der Waals surface area contributed by atoms with Crippen LogP contribution >= 0.6 is 0 Å². The van der Waals surface area contributed by atoms with Gasteiger partial charge in [0.2, 0.25) is 0 Å². The summed E-state index contributed by atoms with van der Waals surface area (Å²) in [6, 6.07) is 21.2. The smallest absolute Gasteiger partial charge is 0.0655 e. The summed E-state index contributed by atoms with van der Waals surface area (Å²) in [5.41, 5.74) is 2.41. The molecule has 0 heterocycles. The van der Waals surface area contributed by atoms with Gasteiger partial charge in [0.05, 0.1) is 6.67 Å². The second kappa shape index (κ2) is 5.93. The molecule has 2 nitrogen and oxygen atoms in total. The topological polar surface area (TPSA) is 24.1 Å². The molecule has 0 amide bonds. The monoisotopic (exact) mass is 211 g/mol. The van der Waals surface area contributed by atoms with Gasteiger partial charge in [0.1, 0.15) is 0 Å². The Morgan fingerprint density at radius 2 is 1.69 bits per heavy atom. The van der Waals surface area contributed by atoms with E-state index in [2.05, 4.69) is 41.0 Å². The summed E-state index contributed by atoms with van der Waals surface area (Å²) >= 11 is 0. The maximum atomic E-state index is 3.33. The van der Waals surface area contributed by atoms with E-state index < -0.39 is 0 Å². The van der Waals surface area contributed by atoms with Crippen LogP contribution in [0, 0.1) is 6.07 Å². The van der Waals surface area contributed by atoms with Crippen molar-refractivity contribution in [2.75, 3.05) is 12.0 Å². The summed E-state index contributed by atoms with van der Waals surface area (Å²) in [6.07, 6.45) is 0. The predicted molar refractivity (Wildman–Crippen MR) is 67.0 cm³/mol. The number of benzene rings is 2. The van der Waals surface area contributed by atoms with Crippen LogP contribution in [0.3, 0.4) is 0 Å². The van der Waals surface area contributed by atoms with E-state index in [9.17, 15) is 0 Å². The standard InChI is InChI=1S/C14H15N2/c1-3-7-13(8-4-1)11-15-12-16-14-9-5-2-6-10-14/h1,3-10,15-16H,11-12H2. The van der Waals surface area contributed by atoms with Crippen LogP contribution in [0.4, 0.5) is 5.69 Å². The summed E-state index contributed by atoms with van der Waals surface area (Å²) in [6.45, 7) is 1.64. The molecule has 0 aromatic heterocycles. The first-order chi connectivity index (χ1) is 7.95. The van der Waals surface area contributed by atoms with Gasteiger partial charge in [0.25, 0.3) is 0 Å². The van der Waals surface area contributed by atoms with Gasteiger partial charge in [0, 0.05) is 12.2 Å². The van der Waals surface area contributed by atoms with Crippen molar-refractivity contribution in [3.05, 3.63) is 66.2 Å². The molecule has 0 saturated carbocycles. The van der Waals surface area contributed by atoms with E-state index >= 15 is 0 Å². The maximum Gasteiger partial charge on any atom is 0.0655 e. The van der Waals surface area contributed by atoms with Crippen molar-refractivity contribution in [2.24, 2.45) is 0 Å². The third-order valence-corrected chi connectivity index (χ3v) is 2.31. The Morgan fingerprint density at radius 1 is 0.938 bits per heavy atom. The van der Waals surface area contributed by atoms with Crippen LogP contribution in [-0.2, 0) is 6.54 Å². The van der Waals surface area contributed by atoms with E-state index in [0.29, 0.717) is 0 Å². The summed E-state index contributed by atoms with van der Waals surface area (Å²) < 4.78 is 0. The van der Waals surface area contributed by atoms with Crippen LogP contribution in [-0.4, -0.2) is 6.67 Å². The lowest BCUT2D eigenvalue weighted by atomic mass is 10.2. The Morgan fingerprint density at radius 3 is 2.44 bits per heavy atom. The second-order valence-electron chi connectivity index (χ2n) is 3.55. The van der Waals surface area contributed by atoms with E-state index in [-0.39, 0.29) is 0 Å². The van der Waals surface area contributed by atoms with Gasteiger partial charge in [0.15, 0.2) is 0 Å². The number of hydrogen-bond donors (Lipinski definition) is 2. The second-order valence-corrected chi connectivity index (χ2v) is 3.55. The first kappa shape index (κ1) is 10.7. The van der Waals surface area contributed by atoms with Gasteiger partial charge in [-0.3, -0.25) is 5.32 Å². The first-order valence-electron chi connectivity index (χ1n) is 5.40. The highest BCUT2D eigenvalue weighted by Crippen LogP contribution is 2.03. The third-order valence-electron chi connectivity index (χ3n) is 2.31. The minimum Gasteiger partial charge on any atom is -0.372 e. The van der Waals surface area contributed by atoms with Gasteiger partial charge >= 0.3 is 0 Å². The average molecular weight is 211 g/mol. The fourth-order valence-electron chi connectivity index (χ4n) is 1.47. The van der Waals surface area contributed by atoms with Gasteiger partial charge in [-0.1, -0.05) is 42.5 Å². The van der Waals surface area contributed by atoms with Crippen LogP contribution in [0.5, 0.6) is 0 Å². The molecular weight excluding hydrogens is 196 g/mol. The lowest BCUT2D eigenvalue weighted by molar-refractivity contribution is 0.734. The van der Waals surface area contributed by atoms with Crippen molar-refractivity contribution in [1.82, 2.24) is 5.32 Å². The molecule has 0 aliphatic rings. The molecule has 2 rings (SSSR count). The number of hydrogen-bond acceptors (Lipinski definition) is 2. The largest absolute Gasteiger partial charge is 0.372 e. The summed E-state index contributed by atoms with van der Waals surface area (Å²) in [5, 5.41) is 6.61. The fraction of sp³-hybridized carbons (Fsp3) is 0.143. The quantitative estimate of drug-likeness (QED) is 0.587. The molecule has 2 aromatic rings. The molecular formula is C14H15N2. The van der Waals surface area contributed by atoms with E-state index in [4.69, 9.17) is 0 Å². The van der Waals surface area contributed by atoms with Crippen LogP contribution in [0.2, 0.25) is 0 Å². The molecule has 0 bridgehead atoms. The van der Waals surface area contributed by atoms with Crippen molar-refractivity contribution in [3.8, 4) is 0 Å². The summed E-state index contributed by atoms with van der Waals surface area (Å²) in [5.74, 6) is 0. The highest BCUT2D eigenvalue weighted by Gasteiger charge is 1.90. The molecule has 0 saturated heterocycles. The van der Waals surface area contributed by atoms with Gasteiger partial charge < -0.3 is 5.32 Å². The van der Waals surface area contributed by atoms with Crippen LogP contribution in [0.15, 0.2) is 54.6 Å². The maximum absolute atomic E-state index is 3.33. The van der Waals surface area contributed by atoms with Crippen molar-refractivity contribution < 1.29 is 0 Å². The first-order valence-corrected chi connectivity index (χ1v) is 5.40. The van der Waals surface area contributed by atoms with E-state index in [1.807, 2.05) is 30.3 Å². The van der Waals surface area contributed by atoms with Crippen molar-refractivity contribution in [2.45, 2.75) is 6.54 Å². The van der Waals surface area contributed by atoms with Gasteiger partial charge in [-0.05, 0) is 23.8 Å². The molecule has 0 spiro atoms. The summed E-state index contributed by atoms with van der Waals surface area (Å²) in [7, 11) is 0. The van der Waals surface area contributed by atoms with Gasteiger partial charge in [-0.25, -0.2) is 0 Å². The third kappa shape index (κ3) is 3.41. The van der Waals surface area contributed by atoms with Crippen LogP contribution in [0.25, 0.3) is 0 Å². The molecule has 2 heteroatoms. The van der Waals surface area contributed by atoms with Gasteiger partial charge in [-0.2, -0.15) is 0 Å². The molecule has 0 unspecified atom stereocenters. The molecule has 2 N–H and O–H groups in total. The lowest BCUT2D eigenvalue weighted by Crippen LogP contribution is -2.21. The van der Waals surface area contributed by atoms with Crippen molar-refractivity contribution in [3.63, 3.8) is 0 Å². The Labute approximate surface area is 96.3 Å². The normalized spacial score (nSPS) is 10.0. The fourth-order valence-corrected chi connectivity index (χ4v) is 1.47. The number of rotatable bonds is 5. The molecule has 16 heavy (non-hydrogen) atoms. The zero-order chi connectivity index (χ0) is 11.1. The van der Waals surface area contributed by atoms with Crippen molar-refractivity contribution >= 4 is 5.69 Å². The summed E-state index contributed by atoms with van der Waals surface area (Å²) in [4.78, 5) is 0. The Kier molecular flexibility index (Phi) is 3.97. The molecule has 0 aliphatic carbocycles. The minimum atomic E-state index is 0.763. The molecule has 0 fully saturated rings. The zero-order valence-electron chi connectivity index (χ0n) is 9.11.